The number of halogens is 2. The fourth-order valence-electron chi connectivity index (χ4n) is 2.12. The zero-order valence-corrected chi connectivity index (χ0v) is 10.3. The van der Waals surface area contributed by atoms with Crippen LogP contribution >= 0.6 is 11.6 Å². The lowest BCUT2D eigenvalue weighted by atomic mass is 9.70. The summed E-state index contributed by atoms with van der Waals surface area (Å²) in [6, 6.07) is 4.88. The highest BCUT2D eigenvalue weighted by molar-refractivity contribution is 6.30. The zero-order valence-electron chi connectivity index (χ0n) is 9.52. The molecule has 0 aromatic heterocycles. The standard InChI is InChI=1S/C13H17ClFN/c1-13(5-2-6-13)9-16-8-10-3-4-12(15)11(14)7-10/h3-4,7,16H,2,5-6,8-9H2,1H3. The van der Waals surface area contributed by atoms with Gasteiger partial charge in [-0.3, -0.25) is 0 Å². The van der Waals surface area contributed by atoms with E-state index < -0.39 is 0 Å². The Balaban J connectivity index is 1.83. The first kappa shape index (κ1) is 11.9. The molecule has 0 radical (unpaired) electrons. The first-order valence-electron chi connectivity index (χ1n) is 5.74. The summed E-state index contributed by atoms with van der Waals surface area (Å²) in [5.41, 5.74) is 1.51. The monoisotopic (exact) mass is 241 g/mol. The van der Waals surface area contributed by atoms with Crippen molar-refractivity contribution in [1.29, 1.82) is 0 Å². The average molecular weight is 242 g/mol. The van der Waals surface area contributed by atoms with Gasteiger partial charge in [-0.1, -0.05) is 31.0 Å². The van der Waals surface area contributed by atoms with E-state index in [9.17, 15) is 4.39 Å². The van der Waals surface area contributed by atoms with Crippen LogP contribution in [0.15, 0.2) is 18.2 Å². The highest BCUT2D eigenvalue weighted by atomic mass is 35.5. The molecule has 88 valence electrons. The summed E-state index contributed by atoms with van der Waals surface area (Å²) in [6.45, 7) is 4.10. The maximum atomic E-state index is 12.9. The van der Waals surface area contributed by atoms with Crippen molar-refractivity contribution in [1.82, 2.24) is 5.32 Å². The third-order valence-electron chi connectivity index (χ3n) is 3.43. The SMILES string of the molecule is CC1(CNCc2ccc(F)c(Cl)c2)CCC1. The van der Waals surface area contributed by atoms with Gasteiger partial charge in [0.15, 0.2) is 0 Å². The maximum absolute atomic E-state index is 12.9. The normalized spacial score (nSPS) is 18.2. The van der Waals surface area contributed by atoms with E-state index >= 15 is 0 Å². The molecule has 1 fully saturated rings. The third-order valence-corrected chi connectivity index (χ3v) is 3.72. The summed E-state index contributed by atoms with van der Waals surface area (Å²) < 4.78 is 12.9. The average Bonchev–Trinajstić information content (AvgIpc) is 2.21. The van der Waals surface area contributed by atoms with Crippen LogP contribution in [0.2, 0.25) is 5.02 Å². The van der Waals surface area contributed by atoms with Crippen LogP contribution < -0.4 is 5.32 Å². The minimum Gasteiger partial charge on any atom is -0.312 e. The van der Waals surface area contributed by atoms with Crippen LogP contribution in [-0.4, -0.2) is 6.54 Å². The van der Waals surface area contributed by atoms with E-state index in [2.05, 4.69) is 12.2 Å². The third kappa shape index (κ3) is 2.74. The maximum Gasteiger partial charge on any atom is 0.141 e. The second kappa shape index (κ2) is 4.72. The quantitative estimate of drug-likeness (QED) is 0.847. The molecule has 16 heavy (non-hydrogen) atoms. The van der Waals surface area contributed by atoms with Gasteiger partial charge in [-0.15, -0.1) is 0 Å². The minimum atomic E-state index is -0.351. The van der Waals surface area contributed by atoms with E-state index in [1.54, 1.807) is 12.1 Å². The Bertz CT molecular complexity index is 374. The van der Waals surface area contributed by atoms with Gasteiger partial charge in [0.25, 0.3) is 0 Å². The van der Waals surface area contributed by atoms with E-state index in [1.807, 2.05) is 0 Å². The van der Waals surface area contributed by atoms with E-state index in [0.29, 0.717) is 5.41 Å². The van der Waals surface area contributed by atoms with Crippen molar-refractivity contribution in [3.05, 3.63) is 34.6 Å². The molecule has 0 saturated heterocycles. The van der Waals surface area contributed by atoms with Crippen LogP contribution in [0.1, 0.15) is 31.7 Å². The smallest absolute Gasteiger partial charge is 0.141 e. The van der Waals surface area contributed by atoms with Crippen LogP contribution in [-0.2, 0) is 6.54 Å². The number of hydrogen-bond acceptors (Lipinski definition) is 1. The molecule has 1 aromatic rings. The van der Waals surface area contributed by atoms with Gasteiger partial charge < -0.3 is 5.32 Å². The summed E-state index contributed by atoms with van der Waals surface area (Å²) in [5, 5.41) is 3.61. The second-order valence-corrected chi connectivity index (χ2v) is 5.42. The Morgan fingerprint density at radius 1 is 1.44 bits per heavy atom. The molecule has 0 atom stereocenters. The largest absolute Gasteiger partial charge is 0.312 e. The molecule has 0 bridgehead atoms. The van der Waals surface area contributed by atoms with Crippen molar-refractivity contribution >= 4 is 11.6 Å². The molecule has 1 aliphatic carbocycles. The molecule has 1 aromatic carbocycles. The van der Waals surface area contributed by atoms with Gasteiger partial charge in [0.1, 0.15) is 5.82 Å². The minimum absolute atomic E-state index is 0.203. The molecule has 3 heteroatoms. The highest BCUT2D eigenvalue weighted by Gasteiger charge is 2.30. The van der Waals surface area contributed by atoms with Gasteiger partial charge in [-0.25, -0.2) is 4.39 Å². The fraction of sp³-hybridized carbons (Fsp3) is 0.538. The Morgan fingerprint density at radius 2 is 2.19 bits per heavy atom. The van der Waals surface area contributed by atoms with Crippen LogP contribution in [0, 0.1) is 11.2 Å². The lowest BCUT2D eigenvalue weighted by Gasteiger charge is -2.38. The van der Waals surface area contributed by atoms with Crippen molar-refractivity contribution in [2.75, 3.05) is 6.54 Å². The van der Waals surface area contributed by atoms with Gasteiger partial charge in [0.2, 0.25) is 0 Å². The summed E-state index contributed by atoms with van der Waals surface area (Å²) >= 11 is 5.72. The van der Waals surface area contributed by atoms with Gasteiger partial charge in [0.05, 0.1) is 5.02 Å². The van der Waals surface area contributed by atoms with E-state index in [4.69, 9.17) is 11.6 Å². The van der Waals surface area contributed by atoms with E-state index in [0.717, 1.165) is 18.7 Å². The summed E-state index contributed by atoms with van der Waals surface area (Å²) in [5.74, 6) is -0.351. The lowest BCUT2D eigenvalue weighted by Crippen LogP contribution is -2.36. The molecule has 0 spiro atoms. The number of hydrogen-bond donors (Lipinski definition) is 1. The molecule has 0 heterocycles. The highest BCUT2D eigenvalue weighted by Crippen LogP contribution is 2.39. The predicted octanol–water partition coefficient (Wildman–Crippen LogP) is 3.76. The molecule has 1 nitrogen and oxygen atoms in total. The zero-order chi connectivity index (χ0) is 11.6. The molecule has 1 N–H and O–H groups in total. The molecular weight excluding hydrogens is 225 g/mol. The van der Waals surface area contributed by atoms with E-state index in [-0.39, 0.29) is 10.8 Å². The van der Waals surface area contributed by atoms with Crippen molar-refractivity contribution < 1.29 is 4.39 Å². The van der Waals surface area contributed by atoms with Crippen molar-refractivity contribution in [2.24, 2.45) is 5.41 Å². The van der Waals surface area contributed by atoms with Gasteiger partial charge in [-0.05, 0) is 36.0 Å². The van der Waals surface area contributed by atoms with E-state index in [1.165, 1.54) is 25.3 Å². The van der Waals surface area contributed by atoms with Crippen LogP contribution in [0.25, 0.3) is 0 Å². The molecule has 1 saturated carbocycles. The molecule has 1 aliphatic rings. The van der Waals surface area contributed by atoms with Crippen molar-refractivity contribution in [3.8, 4) is 0 Å². The molecule has 2 rings (SSSR count). The first-order chi connectivity index (χ1) is 7.59. The van der Waals surface area contributed by atoms with Crippen LogP contribution in [0.5, 0.6) is 0 Å². The summed E-state index contributed by atoms with van der Waals surface area (Å²) in [6.07, 6.45) is 3.97. The summed E-state index contributed by atoms with van der Waals surface area (Å²) in [7, 11) is 0. The predicted molar refractivity (Wildman–Crippen MR) is 65.1 cm³/mol. The molecule has 0 aliphatic heterocycles. The summed E-state index contributed by atoms with van der Waals surface area (Å²) in [4.78, 5) is 0. The molecule has 0 amide bonds. The Labute approximate surface area is 101 Å². The lowest BCUT2D eigenvalue weighted by molar-refractivity contribution is 0.156. The van der Waals surface area contributed by atoms with Gasteiger partial charge >= 0.3 is 0 Å². The van der Waals surface area contributed by atoms with Crippen LogP contribution in [0.4, 0.5) is 4.39 Å². The Hall–Kier alpha value is -0.600. The van der Waals surface area contributed by atoms with Crippen molar-refractivity contribution in [3.63, 3.8) is 0 Å². The number of nitrogens with one attached hydrogen (secondary N) is 1. The van der Waals surface area contributed by atoms with Crippen LogP contribution in [0.3, 0.4) is 0 Å². The van der Waals surface area contributed by atoms with Gasteiger partial charge in [0, 0.05) is 13.1 Å². The Kier molecular flexibility index (Phi) is 3.50. The van der Waals surface area contributed by atoms with Crippen molar-refractivity contribution in [2.45, 2.75) is 32.7 Å². The first-order valence-corrected chi connectivity index (χ1v) is 6.12. The Morgan fingerprint density at radius 3 is 2.75 bits per heavy atom. The number of benzene rings is 1. The van der Waals surface area contributed by atoms with Gasteiger partial charge in [-0.2, -0.15) is 0 Å². The molecule has 0 unspecified atom stereocenters. The topological polar surface area (TPSA) is 12.0 Å². The number of rotatable bonds is 4. The fourth-order valence-corrected chi connectivity index (χ4v) is 2.32. The second-order valence-electron chi connectivity index (χ2n) is 5.02. The molecular formula is C13H17ClFN.